The van der Waals surface area contributed by atoms with Gasteiger partial charge in [-0.05, 0) is 58.9 Å². The van der Waals surface area contributed by atoms with Crippen molar-refractivity contribution >= 4 is 11.8 Å². The van der Waals surface area contributed by atoms with E-state index in [4.69, 9.17) is 11.8 Å². The van der Waals surface area contributed by atoms with Crippen LogP contribution in [-0.2, 0) is 0 Å². The summed E-state index contributed by atoms with van der Waals surface area (Å²) >= 11 is 5.54. The molecule has 2 aromatic rings. The first-order chi connectivity index (χ1) is 8.88. The summed E-state index contributed by atoms with van der Waals surface area (Å²) in [6, 6.07) is 12.9. The van der Waals surface area contributed by atoms with Crippen molar-refractivity contribution in [1.29, 1.82) is 0 Å². The predicted molar refractivity (Wildman–Crippen MR) is 74.4 cm³/mol. The molecule has 0 spiro atoms. The first-order valence-corrected chi connectivity index (χ1v) is 6.60. The number of hydrogen-bond donors (Lipinski definition) is 1. The molecule has 1 aliphatic rings. The molecule has 0 amide bonds. The zero-order valence-electron chi connectivity index (χ0n) is 10.0. The molecule has 1 aromatic carbocycles. The number of aromatic nitrogens is 1. The smallest absolute Gasteiger partial charge is 0.0273 e. The lowest BCUT2D eigenvalue weighted by Crippen LogP contribution is -2.03. The lowest BCUT2D eigenvalue weighted by Gasteiger charge is -2.04. The number of pyridine rings is 1. The van der Waals surface area contributed by atoms with Crippen molar-refractivity contribution in [2.75, 3.05) is 6.54 Å². The lowest BCUT2D eigenvalue weighted by molar-refractivity contribution is 0.766. The van der Waals surface area contributed by atoms with Crippen molar-refractivity contribution in [2.45, 2.75) is 12.3 Å². The van der Waals surface area contributed by atoms with E-state index in [0.29, 0.717) is 11.8 Å². The van der Waals surface area contributed by atoms with Gasteiger partial charge in [0.15, 0.2) is 0 Å². The molecule has 1 saturated carbocycles. The Morgan fingerprint density at radius 3 is 2.39 bits per heavy atom. The zero-order valence-corrected chi connectivity index (χ0v) is 10.8. The van der Waals surface area contributed by atoms with Gasteiger partial charge in [0.25, 0.3) is 0 Å². The van der Waals surface area contributed by atoms with Gasteiger partial charge in [0, 0.05) is 18.9 Å². The van der Waals surface area contributed by atoms with Crippen LogP contribution >= 0.6 is 11.8 Å². The lowest BCUT2D eigenvalue weighted by atomic mass is 10.0. The van der Waals surface area contributed by atoms with Crippen molar-refractivity contribution in [3.63, 3.8) is 0 Å². The molecule has 0 saturated heterocycles. The molecular weight excluding hydrogens is 244 g/mol. The van der Waals surface area contributed by atoms with Crippen LogP contribution in [0.1, 0.15) is 17.9 Å². The van der Waals surface area contributed by atoms with E-state index in [1.807, 2.05) is 24.5 Å². The van der Waals surface area contributed by atoms with Gasteiger partial charge >= 0.3 is 0 Å². The normalized spacial score (nSPS) is 21.8. The fourth-order valence-electron chi connectivity index (χ4n) is 2.45. The Morgan fingerprint density at radius 2 is 1.72 bits per heavy atom. The molecule has 1 fully saturated rings. The fraction of sp³-hybridized carbons (Fsp3) is 0.267. The van der Waals surface area contributed by atoms with Gasteiger partial charge in [0.1, 0.15) is 0 Å². The Balaban J connectivity index is 1.75. The third kappa shape index (κ3) is 2.40. The van der Waals surface area contributed by atoms with Crippen molar-refractivity contribution in [2.24, 2.45) is 5.92 Å². The second kappa shape index (κ2) is 5.09. The fourth-order valence-corrected chi connectivity index (χ4v) is 2.65. The molecule has 1 aromatic heterocycles. The highest BCUT2D eigenvalue weighted by Gasteiger charge is 2.37. The molecule has 18 heavy (non-hydrogen) atoms. The Labute approximate surface area is 112 Å². The molecular formula is C15H15ClN2. The molecule has 1 N–H and O–H groups in total. The maximum absolute atomic E-state index is 5.54. The summed E-state index contributed by atoms with van der Waals surface area (Å²) in [4.78, 5) is 6.77. The minimum absolute atomic E-state index is 0.683. The van der Waals surface area contributed by atoms with Crippen molar-refractivity contribution in [1.82, 2.24) is 9.82 Å². The van der Waals surface area contributed by atoms with E-state index >= 15 is 0 Å². The van der Waals surface area contributed by atoms with Crippen LogP contribution in [0.15, 0.2) is 48.8 Å². The summed E-state index contributed by atoms with van der Waals surface area (Å²) in [6.45, 7) is 0.901. The molecule has 0 bridgehead atoms. The van der Waals surface area contributed by atoms with E-state index in [1.165, 1.54) is 23.1 Å². The van der Waals surface area contributed by atoms with Gasteiger partial charge in [0.05, 0.1) is 0 Å². The Bertz CT molecular complexity index is 510. The van der Waals surface area contributed by atoms with E-state index in [1.54, 1.807) is 0 Å². The summed E-state index contributed by atoms with van der Waals surface area (Å²) < 4.78 is 0. The highest BCUT2D eigenvalue weighted by molar-refractivity contribution is 6.13. The number of hydrogen-bond acceptors (Lipinski definition) is 2. The highest BCUT2D eigenvalue weighted by atomic mass is 35.5. The quantitative estimate of drug-likeness (QED) is 0.848. The molecule has 1 heterocycles. The average Bonchev–Trinajstić information content (AvgIpc) is 3.20. The minimum Gasteiger partial charge on any atom is -0.265 e. The molecule has 2 atom stereocenters. The van der Waals surface area contributed by atoms with E-state index < -0.39 is 0 Å². The van der Waals surface area contributed by atoms with E-state index in [2.05, 4.69) is 34.1 Å². The summed E-state index contributed by atoms with van der Waals surface area (Å²) in [7, 11) is 0. The number of halogens is 1. The maximum atomic E-state index is 5.54. The monoisotopic (exact) mass is 258 g/mol. The van der Waals surface area contributed by atoms with Gasteiger partial charge < -0.3 is 0 Å². The molecule has 2 nitrogen and oxygen atoms in total. The van der Waals surface area contributed by atoms with Gasteiger partial charge in [-0.2, -0.15) is 0 Å². The summed E-state index contributed by atoms with van der Waals surface area (Å²) in [6.07, 6.45) is 4.90. The van der Waals surface area contributed by atoms with Crippen molar-refractivity contribution < 1.29 is 0 Å². The molecule has 1 aliphatic carbocycles. The van der Waals surface area contributed by atoms with Gasteiger partial charge in [-0.1, -0.05) is 24.3 Å². The third-order valence-electron chi connectivity index (χ3n) is 3.61. The van der Waals surface area contributed by atoms with E-state index in [0.717, 1.165) is 6.54 Å². The maximum Gasteiger partial charge on any atom is 0.0273 e. The Hall–Kier alpha value is -1.38. The first kappa shape index (κ1) is 11.7. The molecule has 3 heteroatoms. The molecule has 92 valence electrons. The van der Waals surface area contributed by atoms with Crippen LogP contribution < -0.4 is 4.84 Å². The van der Waals surface area contributed by atoms with Crippen LogP contribution in [0.25, 0.3) is 11.1 Å². The van der Waals surface area contributed by atoms with Crippen LogP contribution in [0.2, 0.25) is 0 Å². The van der Waals surface area contributed by atoms with Gasteiger partial charge in [0.2, 0.25) is 0 Å². The topological polar surface area (TPSA) is 24.9 Å². The van der Waals surface area contributed by atoms with Gasteiger partial charge in [-0.25, -0.2) is 4.84 Å². The van der Waals surface area contributed by atoms with Gasteiger partial charge in [-0.3, -0.25) is 4.98 Å². The van der Waals surface area contributed by atoms with E-state index in [-0.39, 0.29) is 0 Å². The van der Waals surface area contributed by atoms with Crippen molar-refractivity contribution in [3.8, 4) is 11.1 Å². The summed E-state index contributed by atoms with van der Waals surface area (Å²) in [5, 5.41) is 0. The highest BCUT2D eigenvalue weighted by Crippen LogP contribution is 2.47. The largest absolute Gasteiger partial charge is 0.265 e. The first-order valence-electron chi connectivity index (χ1n) is 6.22. The van der Waals surface area contributed by atoms with Crippen LogP contribution in [0, 0.1) is 5.92 Å². The zero-order chi connectivity index (χ0) is 12.4. The Kier molecular flexibility index (Phi) is 3.31. The summed E-state index contributed by atoms with van der Waals surface area (Å²) in [5.41, 5.74) is 3.88. The Morgan fingerprint density at radius 1 is 1.06 bits per heavy atom. The average molecular weight is 259 g/mol. The van der Waals surface area contributed by atoms with Crippen molar-refractivity contribution in [3.05, 3.63) is 54.4 Å². The molecule has 0 radical (unpaired) electrons. The number of nitrogens with zero attached hydrogens (tertiary/aromatic N) is 1. The van der Waals surface area contributed by atoms with Gasteiger partial charge in [-0.15, -0.1) is 0 Å². The standard InChI is InChI=1S/C15H15ClN2/c16-18-10-14-9-15(14)13-3-1-11(2-4-13)12-5-7-17-8-6-12/h1-8,14-15,18H,9-10H2. The summed E-state index contributed by atoms with van der Waals surface area (Å²) in [5.74, 6) is 1.39. The molecule has 0 aliphatic heterocycles. The second-order valence-electron chi connectivity index (χ2n) is 4.80. The number of benzene rings is 1. The predicted octanol–water partition coefficient (Wildman–Crippen LogP) is 3.60. The second-order valence-corrected chi connectivity index (χ2v) is 5.07. The van der Waals surface area contributed by atoms with Crippen LogP contribution in [0.3, 0.4) is 0 Å². The third-order valence-corrected chi connectivity index (χ3v) is 3.77. The molecule has 3 rings (SSSR count). The van der Waals surface area contributed by atoms with Crippen LogP contribution in [0.4, 0.5) is 0 Å². The number of rotatable bonds is 4. The van der Waals surface area contributed by atoms with E-state index in [9.17, 15) is 0 Å². The van der Waals surface area contributed by atoms with Crippen LogP contribution in [-0.4, -0.2) is 11.5 Å². The molecule has 2 unspecified atom stereocenters. The number of nitrogens with one attached hydrogen (secondary N) is 1. The minimum atomic E-state index is 0.683. The SMILES string of the molecule is ClNCC1CC1c1ccc(-c2ccncc2)cc1. The van der Waals surface area contributed by atoms with Crippen LogP contribution in [0.5, 0.6) is 0 Å².